The Morgan fingerprint density at radius 1 is 1.32 bits per heavy atom. The summed E-state index contributed by atoms with van der Waals surface area (Å²) in [5, 5.41) is 9.22. The number of rotatable bonds is 4. The molecule has 2 aromatic rings. The zero-order chi connectivity index (χ0) is 15.4. The molecule has 0 spiro atoms. The SMILES string of the molecule is Cc1ccccc1OCc1nc(C#N)c(N2CCOCC2)o1. The lowest BCUT2D eigenvalue weighted by Gasteiger charge is -2.25. The molecule has 0 N–H and O–H groups in total. The highest BCUT2D eigenvalue weighted by Crippen LogP contribution is 2.24. The van der Waals surface area contributed by atoms with Crippen LogP contribution in [0.1, 0.15) is 17.1 Å². The van der Waals surface area contributed by atoms with Crippen LogP contribution in [0.4, 0.5) is 5.88 Å². The summed E-state index contributed by atoms with van der Waals surface area (Å²) in [7, 11) is 0. The van der Waals surface area contributed by atoms with Gasteiger partial charge in [-0.2, -0.15) is 10.2 Å². The van der Waals surface area contributed by atoms with Gasteiger partial charge in [-0.05, 0) is 18.6 Å². The Bertz CT molecular complexity index is 684. The van der Waals surface area contributed by atoms with Gasteiger partial charge in [0, 0.05) is 13.1 Å². The summed E-state index contributed by atoms with van der Waals surface area (Å²) < 4.78 is 16.7. The van der Waals surface area contributed by atoms with E-state index in [4.69, 9.17) is 13.9 Å². The number of aromatic nitrogens is 1. The van der Waals surface area contributed by atoms with E-state index in [9.17, 15) is 5.26 Å². The first-order chi connectivity index (χ1) is 10.8. The van der Waals surface area contributed by atoms with Crippen LogP contribution >= 0.6 is 0 Å². The van der Waals surface area contributed by atoms with Gasteiger partial charge in [0.1, 0.15) is 11.8 Å². The molecule has 1 aliphatic rings. The van der Waals surface area contributed by atoms with Crippen LogP contribution in [-0.4, -0.2) is 31.3 Å². The summed E-state index contributed by atoms with van der Waals surface area (Å²) in [5.41, 5.74) is 1.34. The Labute approximate surface area is 128 Å². The van der Waals surface area contributed by atoms with E-state index in [0.29, 0.717) is 43.8 Å². The molecule has 0 aliphatic carbocycles. The molecule has 1 saturated heterocycles. The number of oxazole rings is 1. The van der Waals surface area contributed by atoms with Gasteiger partial charge in [-0.25, -0.2) is 0 Å². The van der Waals surface area contributed by atoms with Crippen molar-refractivity contribution in [2.24, 2.45) is 0 Å². The van der Waals surface area contributed by atoms with Crippen molar-refractivity contribution in [3.63, 3.8) is 0 Å². The number of para-hydroxylation sites is 1. The maximum absolute atomic E-state index is 9.22. The fraction of sp³-hybridized carbons (Fsp3) is 0.375. The third-order valence-electron chi connectivity index (χ3n) is 3.50. The molecule has 0 saturated carbocycles. The number of anilines is 1. The van der Waals surface area contributed by atoms with Gasteiger partial charge in [-0.15, -0.1) is 0 Å². The molecule has 2 heterocycles. The quantitative estimate of drug-likeness (QED) is 0.862. The van der Waals surface area contributed by atoms with Gasteiger partial charge in [-0.3, -0.25) is 0 Å². The molecule has 6 nitrogen and oxygen atoms in total. The van der Waals surface area contributed by atoms with E-state index in [-0.39, 0.29) is 6.61 Å². The first kappa shape index (κ1) is 14.4. The predicted molar refractivity (Wildman–Crippen MR) is 79.8 cm³/mol. The minimum atomic E-state index is 0.198. The Morgan fingerprint density at radius 3 is 2.82 bits per heavy atom. The number of nitriles is 1. The molecular weight excluding hydrogens is 282 g/mol. The van der Waals surface area contributed by atoms with Gasteiger partial charge in [0.25, 0.3) is 0 Å². The Morgan fingerprint density at radius 2 is 2.09 bits per heavy atom. The minimum Gasteiger partial charge on any atom is -0.484 e. The maximum atomic E-state index is 9.22. The molecule has 1 fully saturated rings. The molecule has 0 bridgehead atoms. The molecule has 1 aliphatic heterocycles. The number of hydrogen-bond acceptors (Lipinski definition) is 6. The third-order valence-corrected chi connectivity index (χ3v) is 3.50. The molecule has 1 aromatic carbocycles. The molecule has 22 heavy (non-hydrogen) atoms. The van der Waals surface area contributed by atoms with Crippen LogP contribution in [0.15, 0.2) is 28.7 Å². The van der Waals surface area contributed by atoms with Crippen LogP contribution in [0.3, 0.4) is 0 Å². The largest absolute Gasteiger partial charge is 0.484 e. The van der Waals surface area contributed by atoms with Crippen LogP contribution in [0.5, 0.6) is 5.75 Å². The van der Waals surface area contributed by atoms with Crippen LogP contribution < -0.4 is 9.64 Å². The van der Waals surface area contributed by atoms with Gasteiger partial charge in [0.2, 0.25) is 17.5 Å². The summed E-state index contributed by atoms with van der Waals surface area (Å²) in [4.78, 5) is 6.19. The molecular formula is C16H17N3O3. The standard InChI is InChI=1S/C16H17N3O3/c1-12-4-2-3-5-14(12)21-11-15-18-13(10-17)16(22-15)19-6-8-20-9-7-19/h2-5H,6-9,11H2,1H3. The van der Waals surface area contributed by atoms with E-state index in [1.807, 2.05) is 36.1 Å². The van der Waals surface area contributed by atoms with Crippen molar-refractivity contribution in [1.82, 2.24) is 4.98 Å². The van der Waals surface area contributed by atoms with E-state index < -0.39 is 0 Å². The zero-order valence-electron chi connectivity index (χ0n) is 12.4. The van der Waals surface area contributed by atoms with Gasteiger partial charge in [-0.1, -0.05) is 18.2 Å². The summed E-state index contributed by atoms with van der Waals surface area (Å²) in [6, 6.07) is 9.82. The molecule has 6 heteroatoms. The van der Waals surface area contributed by atoms with E-state index in [1.54, 1.807) is 0 Å². The topological polar surface area (TPSA) is 71.5 Å². The molecule has 0 radical (unpaired) electrons. The highest BCUT2D eigenvalue weighted by Gasteiger charge is 2.21. The highest BCUT2D eigenvalue weighted by molar-refractivity contribution is 5.48. The number of nitrogens with zero attached hydrogens (tertiary/aromatic N) is 3. The number of ether oxygens (including phenoxy) is 2. The fourth-order valence-electron chi connectivity index (χ4n) is 2.33. The molecule has 114 valence electrons. The van der Waals surface area contributed by atoms with Gasteiger partial charge in [0.15, 0.2) is 6.61 Å². The second-order valence-corrected chi connectivity index (χ2v) is 5.03. The zero-order valence-corrected chi connectivity index (χ0v) is 12.4. The van der Waals surface area contributed by atoms with Crippen molar-refractivity contribution in [2.75, 3.05) is 31.2 Å². The van der Waals surface area contributed by atoms with Crippen molar-refractivity contribution in [3.05, 3.63) is 41.4 Å². The number of benzene rings is 1. The highest BCUT2D eigenvalue weighted by atomic mass is 16.5. The average molecular weight is 299 g/mol. The lowest BCUT2D eigenvalue weighted by atomic mass is 10.2. The number of morpholine rings is 1. The van der Waals surface area contributed by atoms with Gasteiger partial charge in [0.05, 0.1) is 13.2 Å². The van der Waals surface area contributed by atoms with E-state index in [2.05, 4.69) is 11.1 Å². The first-order valence-electron chi connectivity index (χ1n) is 7.19. The van der Waals surface area contributed by atoms with Gasteiger partial charge >= 0.3 is 0 Å². The predicted octanol–water partition coefficient (Wildman–Crippen LogP) is 2.27. The van der Waals surface area contributed by atoms with Crippen molar-refractivity contribution < 1.29 is 13.9 Å². The van der Waals surface area contributed by atoms with Crippen LogP contribution in [0.25, 0.3) is 0 Å². The van der Waals surface area contributed by atoms with Crippen LogP contribution in [-0.2, 0) is 11.3 Å². The molecule has 1 aromatic heterocycles. The normalized spacial score (nSPS) is 14.6. The lowest BCUT2D eigenvalue weighted by Crippen LogP contribution is -2.36. The third kappa shape index (κ3) is 3.05. The van der Waals surface area contributed by atoms with E-state index >= 15 is 0 Å². The second kappa shape index (κ2) is 6.50. The Balaban J connectivity index is 1.73. The summed E-state index contributed by atoms with van der Waals surface area (Å²) in [6.45, 7) is 4.82. The summed E-state index contributed by atoms with van der Waals surface area (Å²) in [5.74, 6) is 1.70. The molecule has 3 rings (SSSR count). The van der Waals surface area contributed by atoms with Crippen molar-refractivity contribution in [2.45, 2.75) is 13.5 Å². The lowest BCUT2D eigenvalue weighted by molar-refractivity contribution is 0.120. The van der Waals surface area contributed by atoms with E-state index in [0.717, 1.165) is 11.3 Å². The number of aryl methyl sites for hydroxylation is 1. The Kier molecular flexibility index (Phi) is 4.26. The summed E-state index contributed by atoms with van der Waals surface area (Å²) in [6.07, 6.45) is 0. The number of hydrogen-bond donors (Lipinski definition) is 0. The van der Waals surface area contributed by atoms with E-state index in [1.165, 1.54) is 0 Å². The second-order valence-electron chi connectivity index (χ2n) is 5.03. The van der Waals surface area contributed by atoms with Crippen molar-refractivity contribution in [3.8, 4) is 11.8 Å². The summed E-state index contributed by atoms with van der Waals surface area (Å²) >= 11 is 0. The molecule has 0 unspecified atom stereocenters. The molecule has 0 atom stereocenters. The van der Waals surface area contributed by atoms with Crippen LogP contribution in [0, 0.1) is 18.3 Å². The van der Waals surface area contributed by atoms with Gasteiger partial charge < -0.3 is 18.8 Å². The maximum Gasteiger partial charge on any atom is 0.236 e. The minimum absolute atomic E-state index is 0.198. The Hall–Kier alpha value is -2.52. The fourth-order valence-corrected chi connectivity index (χ4v) is 2.33. The monoisotopic (exact) mass is 299 g/mol. The molecule has 0 amide bonds. The smallest absolute Gasteiger partial charge is 0.236 e. The van der Waals surface area contributed by atoms with Crippen molar-refractivity contribution in [1.29, 1.82) is 5.26 Å². The van der Waals surface area contributed by atoms with Crippen LogP contribution in [0.2, 0.25) is 0 Å². The van der Waals surface area contributed by atoms with Crippen molar-refractivity contribution >= 4 is 5.88 Å². The first-order valence-corrected chi connectivity index (χ1v) is 7.19. The average Bonchev–Trinajstić information content (AvgIpc) is 2.98.